The third-order valence-corrected chi connectivity index (χ3v) is 10.1. The van der Waals surface area contributed by atoms with Crippen LogP contribution in [0.4, 0.5) is 0 Å². The minimum absolute atomic E-state index is 0.269. The van der Waals surface area contributed by atoms with E-state index >= 15 is 0 Å². The molecule has 0 aromatic carbocycles. The summed E-state index contributed by atoms with van der Waals surface area (Å²) in [5, 5.41) is 10.8. The summed E-state index contributed by atoms with van der Waals surface area (Å²) in [7, 11) is 0. The van der Waals surface area contributed by atoms with E-state index in [-0.39, 0.29) is 5.41 Å². The van der Waals surface area contributed by atoms with Crippen LogP contribution in [0, 0.1) is 40.4 Å². The maximum atomic E-state index is 12.3. The van der Waals surface area contributed by atoms with Crippen LogP contribution in [-0.2, 0) is 4.79 Å². The van der Waals surface area contributed by atoms with Crippen LogP contribution in [-0.4, -0.2) is 16.5 Å². The Morgan fingerprint density at radius 3 is 2.38 bits per heavy atom. The van der Waals surface area contributed by atoms with Crippen molar-refractivity contribution in [2.24, 2.45) is 40.4 Å². The van der Waals surface area contributed by atoms with Gasteiger partial charge in [0, 0.05) is 5.92 Å². The molecule has 0 aliphatic heterocycles. The van der Waals surface area contributed by atoms with Gasteiger partial charge in [-0.05, 0) is 119 Å². The highest BCUT2D eigenvalue weighted by atomic mass is 16.3. The smallest absolute Gasteiger partial charge is 0.133 e. The number of carbonyl (C=O) groups is 1. The van der Waals surface area contributed by atoms with Crippen LogP contribution in [0.3, 0.4) is 0 Å². The normalized spacial score (nSPS) is 54.0. The molecule has 26 heavy (non-hydrogen) atoms. The van der Waals surface area contributed by atoms with E-state index in [1.807, 2.05) is 6.92 Å². The molecule has 4 aliphatic rings. The number of rotatable bonds is 2. The highest BCUT2D eigenvalue weighted by molar-refractivity contribution is 5.79. The van der Waals surface area contributed by atoms with Crippen LogP contribution in [0.1, 0.15) is 98.3 Å². The number of carbonyl (C=O) groups excluding carboxylic acids is 1. The molecule has 0 radical (unpaired) electrons. The van der Waals surface area contributed by atoms with Gasteiger partial charge in [0.05, 0.1) is 5.60 Å². The van der Waals surface area contributed by atoms with Crippen molar-refractivity contribution in [1.29, 1.82) is 0 Å². The van der Waals surface area contributed by atoms with Gasteiger partial charge in [-0.25, -0.2) is 0 Å². The van der Waals surface area contributed by atoms with Crippen molar-refractivity contribution in [3.8, 4) is 0 Å². The number of Topliss-reactive ketones (excluding diaryl/α,β-unsaturated/α-hetero) is 1. The Hall–Kier alpha value is -0.370. The van der Waals surface area contributed by atoms with Crippen LogP contribution < -0.4 is 0 Å². The standard InChI is InChI=1S/C24H40O2/c1-5-24-15-14-22(3,26)12-10-17(24)6-7-18-20-9-8-19(16(2)25)23(20,4)13-11-21(18)24/h17-21,26H,5-15H2,1-4H3/t17-,18+,19-,20+,21+,22+,23-,24+/m1/s1. The summed E-state index contributed by atoms with van der Waals surface area (Å²) >= 11 is 0. The van der Waals surface area contributed by atoms with Crippen LogP contribution in [0.15, 0.2) is 0 Å². The molecule has 0 amide bonds. The first-order valence-electron chi connectivity index (χ1n) is 11.5. The van der Waals surface area contributed by atoms with E-state index in [1.165, 1.54) is 51.4 Å². The van der Waals surface area contributed by atoms with Gasteiger partial charge in [-0.1, -0.05) is 13.8 Å². The van der Waals surface area contributed by atoms with Gasteiger partial charge in [0.1, 0.15) is 5.78 Å². The highest BCUT2D eigenvalue weighted by Crippen LogP contribution is 2.68. The zero-order valence-corrected chi connectivity index (χ0v) is 17.5. The molecule has 4 rings (SSSR count). The maximum absolute atomic E-state index is 12.3. The Labute approximate surface area is 160 Å². The molecule has 0 saturated heterocycles. The third kappa shape index (κ3) is 2.65. The molecule has 4 aliphatic carbocycles. The van der Waals surface area contributed by atoms with E-state index in [9.17, 15) is 9.90 Å². The van der Waals surface area contributed by atoms with E-state index in [0.29, 0.717) is 17.1 Å². The van der Waals surface area contributed by atoms with Gasteiger partial charge in [0.2, 0.25) is 0 Å². The van der Waals surface area contributed by atoms with Crippen molar-refractivity contribution in [1.82, 2.24) is 0 Å². The first-order valence-corrected chi connectivity index (χ1v) is 11.5. The zero-order chi connectivity index (χ0) is 18.7. The molecule has 4 saturated carbocycles. The lowest BCUT2D eigenvalue weighted by Gasteiger charge is -2.60. The minimum atomic E-state index is -0.453. The topological polar surface area (TPSA) is 37.3 Å². The van der Waals surface area contributed by atoms with Crippen molar-refractivity contribution in [2.45, 2.75) is 104 Å². The van der Waals surface area contributed by atoms with Crippen LogP contribution in [0.2, 0.25) is 0 Å². The molecule has 0 heterocycles. The lowest BCUT2D eigenvalue weighted by atomic mass is 9.45. The fourth-order valence-corrected chi connectivity index (χ4v) is 8.72. The quantitative estimate of drug-likeness (QED) is 0.679. The lowest BCUT2D eigenvalue weighted by Crippen LogP contribution is -2.53. The van der Waals surface area contributed by atoms with Crippen molar-refractivity contribution < 1.29 is 9.90 Å². The molecular formula is C24H40O2. The van der Waals surface area contributed by atoms with Gasteiger partial charge in [-0.3, -0.25) is 4.79 Å². The van der Waals surface area contributed by atoms with Gasteiger partial charge >= 0.3 is 0 Å². The summed E-state index contributed by atoms with van der Waals surface area (Å²) in [5.41, 5.74) is 0.273. The van der Waals surface area contributed by atoms with Crippen LogP contribution in [0.25, 0.3) is 0 Å². The lowest BCUT2D eigenvalue weighted by molar-refractivity contribution is -0.133. The predicted molar refractivity (Wildman–Crippen MR) is 106 cm³/mol. The molecular weight excluding hydrogens is 320 g/mol. The number of aliphatic hydroxyl groups is 1. The van der Waals surface area contributed by atoms with Gasteiger partial charge in [0.15, 0.2) is 0 Å². The van der Waals surface area contributed by atoms with Gasteiger partial charge in [-0.15, -0.1) is 0 Å². The Morgan fingerprint density at radius 2 is 1.69 bits per heavy atom. The minimum Gasteiger partial charge on any atom is -0.390 e. The highest BCUT2D eigenvalue weighted by Gasteiger charge is 2.61. The molecule has 0 spiro atoms. The SMILES string of the molecule is CC[C@]12CC[C@@](C)(O)CC[C@H]1CC[C@H]1[C@@H]3CC[C@H](C(C)=O)[C@@]3(C)CC[C@@H]12. The molecule has 1 N–H and O–H groups in total. The van der Waals surface area contributed by atoms with E-state index < -0.39 is 5.60 Å². The monoisotopic (exact) mass is 360 g/mol. The second-order valence-corrected chi connectivity index (χ2v) is 11.1. The molecule has 0 aromatic heterocycles. The predicted octanol–water partition coefficient (Wildman–Crippen LogP) is 5.77. The molecule has 0 bridgehead atoms. The van der Waals surface area contributed by atoms with Crippen LogP contribution >= 0.6 is 0 Å². The number of hydrogen-bond acceptors (Lipinski definition) is 2. The van der Waals surface area contributed by atoms with E-state index in [0.717, 1.165) is 42.9 Å². The summed E-state index contributed by atoms with van der Waals surface area (Å²) in [6.07, 6.45) is 13.5. The number of ketones is 1. The first kappa shape index (κ1) is 19.0. The van der Waals surface area contributed by atoms with Gasteiger partial charge < -0.3 is 5.11 Å². The summed E-state index contributed by atoms with van der Waals surface area (Å²) in [6.45, 7) is 8.78. The molecule has 0 aromatic rings. The van der Waals surface area contributed by atoms with Crippen molar-refractivity contribution in [3.63, 3.8) is 0 Å². The molecule has 0 unspecified atom stereocenters. The molecule has 4 fully saturated rings. The largest absolute Gasteiger partial charge is 0.390 e. The average molecular weight is 361 g/mol. The van der Waals surface area contributed by atoms with Crippen molar-refractivity contribution in [3.05, 3.63) is 0 Å². The van der Waals surface area contributed by atoms with Crippen molar-refractivity contribution >= 4 is 5.78 Å². The zero-order valence-electron chi connectivity index (χ0n) is 17.5. The Bertz CT molecular complexity index is 567. The summed E-state index contributed by atoms with van der Waals surface area (Å²) in [5.74, 6) is 4.01. The summed E-state index contributed by atoms with van der Waals surface area (Å²) < 4.78 is 0. The number of fused-ring (bicyclic) bond motifs is 5. The average Bonchev–Trinajstić information content (AvgIpc) is 2.88. The molecule has 148 valence electrons. The summed E-state index contributed by atoms with van der Waals surface area (Å²) in [6, 6.07) is 0. The fourth-order valence-electron chi connectivity index (χ4n) is 8.72. The van der Waals surface area contributed by atoms with Crippen molar-refractivity contribution in [2.75, 3.05) is 0 Å². The summed E-state index contributed by atoms with van der Waals surface area (Å²) in [4.78, 5) is 12.3. The second kappa shape index (κ2) is 6.33. The van der Waals surface area contributed by atoms with Crippen LogP contribution in [0.5, 0.6) is 0 Å². The molecule has 8 atom stereocenters. The second-order valence-electron chi connectivity index (χ2n) is 11.1. The maximum Gasteiger partial charge on any atom is 0.133 e. The molecule has 2 nitrogen and oxygen atoms in total. The van der Waals surface area contributed by atoms with E-state index in [4.69, 9.17) is 0 Å². The van der Waals surface area contributed by atoms with Gasteiger partial charge in [-0.2, -0.15) is 0 Å². The van der Waals surface area contributed by atoms with Gasteiger partial charge in [0.25, 0.3) is 0 Å². The Morgan fingerprint density at radius 1 is 0.923 bits per heavy atom. The Kier molecular flexibility index (Phi) is 4.61. The fraction of sp³-hybridized carbons (Fsp3) is 0.958. The third-order valence-electron chi connectivity index (χ3n) is 10.1. The Balaban J connectivity index is 1.65. The van der Waals surface area contributed by atoms with E-state index in [2.05, 4.69) is 20.8 Å². The molecule has 2 heteroatoms. The van der Waals surface area contributed by atoms with E-state index in [1.54, 1.807) is 0 Å². The number of hydrogen-bond donors (Lipinski definition) is 1. The first-order chi connectivity index (χ1) is 12.2.